The minimum Gasteiger partial charge on any atom is -0.330 e. The van der Waals surface area contributed by atoms with Gasteiger partial charge in [0.25, 0.3) is 0 Å². The van der Waals surface area contributed by atoms with Gasteiger partial charge in [-0.05, 0) is 37.8 Å². The number of nitrogens with two attached hydrogens (primary N) is 1. The van der Waals surface area contributed by atoms with Gasteiger partial charge in [-0.25, -0.2) is 0 Å². The molecule has 1 saturated carbocycles. The van der Waals surface area contributed by atoms with Crippen molar-refractivity contribution in [3.63, 3.8) is 0 Å². The molecule has 12 heavy (non-hydrogen) atoms. The zero-order valence-corrected chi connectivity index (χ0v) is 8.34. The topological polar surface area (TPSA) is 38.0 Å². The molecule has 0 saturated heterocycles. The first-order chi connectivity index (χ1) is 5.77. The van der Waals surface area contributed by atoms with Crippen LogP contribution in [0.15, 0.2) is 0 Å². The quantitative estimate of drug-likeness (QED) is 0.631. The zero-order valence-electron chi connectivity index (χ0n) is 8.34. The molecule has 0 aromatic rings. The standard InChI is InChI=1S/C10H22N2/c1-3-9-6-10(9)12-7-8(2)4-5-11/h8-10,12H,3-7,11H2,1-2H3. The molecule has 0 bridgehead atoms. The molecule has 0 aromatic carbocycles. The van der Waals surface area contributed by atoms with Crippen molar-refractivity contribution in [2.45, 2.75) is 39.2 Å². The average molecular weight is 170 g/mol. The second kappa shape index (κ2) is 4.83. The lowest BCUT2D eigenvalue weighted by Crippen LogP contribution is -2.25. The Kier molecular flexibility index (Phi) is 4.02. The van der Waals surface area contributed by atoms with Gasteiger partial charge in [-0.3, -0.25) is 0 Å². The Morgan fingerprint density at radius 2 is 2.33 bits per heavy atom. The molecule has 0 aliphatic heterocycles. The summed E-state index contributed by atoms with van der Waals surface area (Å²) in [5, 5.41) is 3.59. The Morgan fingerprint density at radius 3 is 2.83 bits per heavy atom. The molecule has 0 amide bonds. The van der Waals surface area contributed by atoms with Crippen LogP contribution < -0.4 is 11.1 Å². The molecule has 1 fully saturated rings. The van der Waals surface area contributed by atoms with Crippen molar-refractivity contribution < 1.29 is 0 Å². The van der Waals surface area contributed by atoms with Crippen LogP contribution in [0, 0.1) is 11.8 Å². The Bertz CT molecular complexity index is 123. The van der Waals surface area contributed by atoms with Crippen molar-refractivity contribution in [3.8, 4) is 0 Å². The van der Waals surface area contributed by atoms with Gasteiger partial charge in [0.1, 0.15) is 0 Å². The lowest BCUT2D eigenvalue weighted by Gasteiger charge is -2.10. The van der Waals surface area contributed by atoms with E-state index in [-0.39, 0.29) is 0 Å². The van der Waals surface area contributed by atoms with Gasteiger partial charge in [-0.2, -0.15) is 0 Å². The predicted molar refractivity (Wildman–Crippen MR) is 53.0 cm³/mol. The highest BCUT2D eigenvalue weighted by atomic mass is 15.0. The van der Waals surface area contributed by atoms with E-state index >= 15 is 0 Å². The van der Waals surface area contributed by atoms with Crippen molar-refractivity contribution in [1.82, 2.24) is 5.32 Å². The minimum absolute atomic E-state index is 0.744. The molecule has 0 heterocycles. The van der Waals surface area contributed by atoms with Gasteiger partial charge in [0.15, 0.2) is 0 Å². The Balaban J connectivity index is 1.95. The van der Waals surface area contributed by atoms with Crippen LogP contribution in [0.25, 0.3) is 0 Å². The summed E-state index contributed by atoms with van der Waals surface area (Å²) >= 11 is 0. The van der Waals surface area contributed by atoms with E-state index in [1.54, 1.807) is 0 Å². The first kappa shape index (κ1) is 10.0. The molecule has 0 spiro atoms. The van der Waals surface area contributed by atoms with Gasteiger partial charge in [-0.15, -0.1) is 0 Å². The summed E-state index contributed by atoms with van der Waals surface area (Å²) in [6, 6.07) is 0.829. The van der Waals surface area contributed by atoms with Crippen LogP contribution in [0.2, 0.25) is 0 Å². The number of hydrogen-bond acceptors (Lipinski definition) is 2. The fourth-order valence-corrected chi connectivity index (χ4v) is 1.69. The van der Waals surface area contributed by atoms with Gasteiger partial charge in [0, 0.05) is 6.04 Å². The Morgan fingerprint density at radius 1 is 1.58 bits per heavy atom. The summed E-state index contributed by atoms with van der Waals surface area (Å²) in [5.41, 5.74) is 5.48. The molecule has 3 N–H and O–H groups in total. The predicted octanol–water partition coefficient (Wildman–Crippen LogP) is 1.36. The highest BCUT2D eigenvalue weighted by Gasteiger charge is 2.34. The van der Waals surface area contributed by atoms with Gasteiger partial charge in [0.05, 0.1) is 0 Å². The fraction of sp³-hybridized carbons (Fsp3) is 1.00. The third-order valence-electron chi connectivity index (χ3n) is 2.83. The molecule has 1 rings (SSSR count). The highest BCUT2D eigenvalue weighted by molar-refractivity contribution is 4.92. The second-order valence-electron chi connectivity index (χ2n) is 4.10. The van der Waals surface area contributed by atoms with E-state index in [4.69, 9.17) is 5.73 Å². The summed E-state index contributed by atoms with van der Waals surface area (Å²) in [5.74, 6) is 1.71. The molecule has 0 radical (unpaired) electrons. The van der Waals surface area contributed by atoms with E-state index in [0.717, 1.165) is 37.4 Å². The first-order valence-corrected chi connectivity index (χ1v) is 5.21. The van der Waals surface area contributed by atoms with Crippen molar-refractivity contribution in [3.05, 3.63) is 0 Å². The van der Waals surface area contributed by atoms with Gasteiger partial charge < -0.3 is 11.1 Å². The summed E-state index contributed by atoms with van der Waals surface area (Å²) in [4.78, 5) is 0. The normalized spacial score (nSPS) is 30.2. The molecule has 3 unspecified atom stereocenters. The van der Waals surface area contributed by atoms with Crippen LogP contribution >= 0.6 is 0 Å². The molecular formula is C10H22N2. The van der Waals surface area contributed by atoms with Crippen LogP contribution in [-0.2, 0) is 0 Å². The van der Waals surface area contributed by atoms with E-state index < -0.39 is 0 Å². The maximum absolute atomic E-state index is 5.48. The lowest BCUT2D eigenvalue weighted by atomic mass is 10.1. The third kappa shape index (κ3) is 3.11. The SMILES string of the molecule is CCC1CC1NCC(C)CCN. The van der Waals surface area contributed by atoms with E-state index in [2.05, 4.69) is 19.2 Å². The highest BCUT2D eigenvalue weighted by Crippen LogP contribution is 2.33. The monoisotopic (exact) mass is 170 g/mol. The molecule has 2 heteroatoms. The number of hydrogen-bond donors (Lipinski definition) is 2. The Hall–Kier alpha value is -0.0800. The molecule has 0 aromatic heterocycles. The summed E-state index contributed by atoms with van der Waals surface area (Å²) in [6.07, 6.45) is 3.88. The van der Waals surface area contributed by atoms with Gasteiger partial charge >= 0.3 is 0 Å². The molecule has 1 aliphatic rings. The van der Waals surface area contributed by atoms with Crippen LogP contribution in [0.4, 0.5) is 0 Å². The maximum Gasteiger partial charge on any atom is 0.00991 e. The summed E-state index contributed by atoms with van der Waals surface area (Å²) in [6.45, 7) is 6.52. The van der Waals surface area contributed by atoms with Gasteiger partial charge in [0.2, 0.25) is 0 Å². The molecule has 2 nitrogen and oxygen atoms in total. The van der Waals surface area contributed by atoms with Crippen molar-refractivity contribution >= 4 is 0 Å². The van der Waals surface area contributed by atoms with Crippen molar-refractivity contribution in [2.75, 3.05) is 13.1 Å². The molecule has 1 aliphatic carbocycles. The van der Waals surface area contributed by atoms with E-state index in [0.29, 0.717) is 0 Å². The second-order valence-corrected chi connectivity index (χ2v) is 4.10. The largest absolute Gasteiger partial charge is 0.330 e. The average Bonchev–Trinajstić information content (AvgIpc) is 2.80. The lowest BCUT2D eigenvalue weighted by molar-refractivity contribution is 0.475. The number of nitrogens with one attached hydrogen (secondary N) is 1. The van der Waals surface area contributed by atoms with E-state index in [1.165, 1.54) is 12.8 Å². The molecule has 3 atom stereocenters. The van der Waals surface area contributed by atoms with E-state index in [1.807, 2.05) is 0 Å². The van der Waals surface area contributed by atoms with Crippen LogP contribution in [0.1, 0.15) is 33.1 Å². The minimum atomic E-state index is 0.744. The van der Waals surface area contributed by atoms with Crippen LogP contribution in [0.3, 0.4) is 0 Å². The Labute approximate surface area is 75.9 Å². The van der Waals surface area contributed by atoms with Crippen molar-refractivity contribution in [1.29, 1.82) is 0 Å². The van der Waals surface area contributed by atoms with Crippen LogP contribution in [-0.4, -0.2) is 19.1 Å². The maximum atomic E-state index is 5.48. The van der Waals surface area contributed by atoms with E-state index in [9.17, 15) is 0 Å². The first-order valence-electron chi connectivity index (χ1n) is 5.21. The summed E-state index contributed by atoms with van der Waals surface area (Å²) < 4.78 is 0. The zero-order chi connectivity index (χ0) is 8.97. The van der Waals surface area contributed by atoms with Crippen molar-refractivity contribution in [2.24, 2.45) is 17.6 Å². The third-order valence-corrected chi connectivity index (χ3v) is 2.83. The van der Waals surface area contributed by atoms with Crippen LogP contribution in [0.5, 0.6) is 0 Å². The smallest absolute Gasteiger partial charge is 0.00991 e. The number of rotatable bonds is 6. The molecular weight excluding hydrogens is 148 g/mol. The fourth-order valence-electron chi connectivity index (χ4n) is 1.69. The molecule has 72 valence electrons. The van der Waals surface area contributed by atoms with Gasteiger partial charge in [-0.1, -0.05) is 20.3 Å². The summed E-state index contributed by atoms with van der Waals surface area (Å²) in [7, 11) is 0.